The van der Waals surface area contributed by atoms with Gasteiger partial charge in [0.05, 0.1) is 11.4 Å². The smallest absolute Gasteiger partial charge is 0.241 e. The average Bonchev–Trinajstić information content (AvgIpc) is 2.80. The van der Waals surface area contributed by atoms with Gasteiger partial charge in [0.25, 0.3) is 0 Å². The molecule has 2 rings (SSSR count). The highest BCUT2D eigenvalue weighted by molar-refractivity contribution is 7.89. The van der Waals surface area contributed by atoms with Crippen LogP contribution in [0.4, 0.5) is 5.69 Å². The van der Waals surface area contributed by atoms with Crippen molar-refractivity contribution in [2.75, 3.05) is 5.43 Å². The van der Waals surface area contributed by atoms with Crippen LogP contribution in [0.1, 0.15) is 17.0 Å². The lowest BCUT2D eigenvalue weighted by molar-refractivity contribution is 0.576. The van der Waals surface area contributed by atoms with E-state index in [1.54, 1.807) is 37.6 Å². The average molecular weight is 310 g/mol. The summed E-state index contributed by atoms with van der Waals surface area (Å²) in [6, 6.07) is 3.37. The van der Waals surface area contributed by atoms with Crippen LogP contribution in [0.2, 0.25) is 0 Å². The molecular formula is C12H18N6O2S. The molecule has 0 amide bonds. The maximum atomic E-state index is 12.5. The number of aryl methyl sites for hydroxylation is 3. The lowest BCUT2D eigenvalue weighted by Crippen LogP contribution is -2.26. The van der Waals surface area contributed by atoms with E-state index in [2.05, 4.69) is 20.3 Å². The second-order valence-corrected chi connectivity index (χ2v) is 6.47. The standard InChI is InChI=1S/C12H18N6O2S/c1-8-4-10(16-13)5-9(2)12(8)21(19,20)15-6-11-17-14-7-18(11)3/h4-5,7,15-16H,6,13H2,1-3H3. The monoisotopic (exact) mass is 310 g/mol. The molecular weight excluding hydrogens is 292 g/mol. The molecule has 0 aliphatic heterocycles. The molecule has 0 aliphatic carbocycles. The van der Waals surface area contributed by atoms with Gasteiger partial charge in [0.2, 0.25) is 10.0 Å². The maximum absolute atomic E-state index is 12.5. The van der Waals surface area contributed by atoms with Crippen molar-refractivity contribution in [3.05, 3.63) is 35.4 Å². The van der Waals surface area contributed by atoms with Crippen molar-refractivity contribution in [1.82, 2.24) is 19.5 Å². The van der Waals surface area contributed by atoms with E-state index in [1.165, 1.54) is 6.33 Å². The highest BCUT2D eigenvalue weighted by Crippen LogP contribution is 2.24. The zero-order chi connectivity index (χ0) is 15.6. The van der Waals surface area contributed by atoms with E-state index >= 15 is 0 Å². The number of nitrogens with one attached hydrogen (secondary N) is 2. The Kier molecular flexibility index (Phi) is 4.26. The zero-order valence-corrected chi connectivity index (χ0v) is 12.9. The maximum Gasteiger partial charge on any atom is 0.241 e. The van der Waals surface area contributed by atoms with Gasteiger partial charge in [0.1, 0.15) is 12.2 Å². The summed E-state index contributed by atoms with van der Waals surface area (Å²) in [5, 5.41) is 7.55. The van der Waals surface area contributed by atoms with Gasteiger partial charge in [-0.1, -0.05) is 0 Å². The molecule has 8 nitrogen and oxygen atoms in total. The number of aromatic nitrogens is 3. The SMILES string of the molecule is Cc1cc(NN)cc(C)c1S(=O)(=O)NCc1nncn1C. The Hall–Kier alpha value is -1.97. The molecule has 9 heteroatoms. The molecule has 4 N–H and O–H groups in total. The Morgan fingerprint density at radius 1 is 1.29 bits per heavy atom. The summed E-state index contributed by atoms with van der Waals surface area (Å²) in [7, 11) is -1.89. The normalized spacial score (nSPS) is 11.6. The van der Waals surface area contributed by atoms with Crippen LogP contribution in [0, 0.1) is 13.8 Å². The molecule has 0 unspecified atom stereocenters. The molecule has 0 spiro atoms. The van der Waals surface area contributed by atoms with E-state index in [0.717, 1.165) is 0 Å². The van der Waals surface area contributed by atoms with Gasteiger partial charge in [0.15, 0.2) is 0 Å². The first-order valence-electron chi connectivity index (χ1n) is 6.25. The number of nitrogens with zero attached hydrogens (tertiary/aromatic N) is 3. The second kappa shape index (κ2) is 5.80. The third-order valence-corrected chi connectivity index (χ3v) is 4.83. The minimum Gasteiger partial charge on any atom is -0.324 e. The van der Waals surface area contributed by atoms with E-state index < -0.39 is 10.0 Å². The minimum atomic E-state index is -3.64. The van der Waals surface area contributed by atoms with E-state index in [0.29, 0.717) is 22.6 Å². The van der Waals surface area contributed by atoms with E-state index in [-0.39, 0.29) is 11.4 Å². The molecule has 0 saturated heterocycles. The molecule has 0 atom stereocenters. The number of anilines is 1. The fourth-order valence-electron chi connectivity index (χ4n) is 2.16. The van der Waals surface area contributed by atoms with Crippen LogP contribution >= 0.6 is 0 Å². The number of hydrogen-bond acceptors (Lipinski definition) is 6. The third kappa shape index (κ3) is 3.20. The molecule has 1 heterocycles. The number of nitrogen functional groups attached to an aromatic ring is 1. The Morgan fingerprint density at radius 3 is 2.38 bits per heavy atom. The molecule has 0 fully saturated rings. The van der Waals surface area contributed by atoms with Crippen molar-refractivity contribution >= 4 is 15.7 Å². The Bertz CT molecular complexity index is 730. The first-order valence-corrected chi connectivity index (χ1v) is 7.74. The Balaban J connectivity index is 2.30. The zero-order valence-electron chi connectivity index (χ0n) is 12.1. The number of sulfonamides is 1. The minimum absolute atomic E-state index is 0.0780. The second-order valence-electron chi connectivity index (χ2n) is 4.77. The number of rotatable bonds is 5. The van der Waals surface area contributed by atoms with Crippen LogP contribution in [-0.4, -0.2) is 23.2 Å². The van der Waals surface area contributed by atoms with Crippen LogP contribution in [-0.2, 0) is 23.6 Å². The summed E-state index contributed by atoms with van der Waals surface area (Å²) in [5.74, 6) is 5.89. The van der Waals surface area contributed by atoms with Crippen molar-refractivity contribution in [3.8, 4) is 0 Å². The first kappa shape index (κ1) is 15.4. The van der Waals surface area contributed by atoms with Gasteiger partial charge < -0.3 is 9.99 Å². The third-order valence-electron chi connectivity index (χ3n) is 3.12. The number of benzene rings is 1. The van der Waals surface area contributed by atoms with E-state index in [4.69, 9.17) is 5.84 Å². The lowest BCUT2D eigenvalue weighted by Gasteiger charge is -2.13. The molecule has 1 aromatic heterocycles. The van der Waals surface area contributed by atoms with E-state index in [9.17, 15) is 8.42 Å². The molecule has 0 saturated carbocycles. The quantitative estimate of drug-likeness (QED) is 0.536. The number of nitrogens with two attached hydrogens (primary N) is 1. The molecule has 0 bridgehead atoms. The fraction of sp³-hybridized carbons (Fsp3) is 0.333. The lowest BCUT2D eigenvalue weighted by atomic mass is 10.1. The molecule has 1 aromatic carbocycles. The Morgan fingerprint density at radius 2 is 1.90 bits per heavy atom. The van der Waals surface area contributed by atoms with Crippen molar-refractivity contribution < 1.29 is 8.42 Å². The Labute approximate surface area is 123 Å². The predicted molar refractivity (Wildman–Crippen MR) is 78.8 cm³/mol. The van der Waals surface area contributed by atoms with Crippen molar-refractivity contribution in [2.45, 2.75) is 25.3 Å². The summed E-state index contributed by atoms with van der Waals surface area (Å²) >= 11 is 0. The van der Waals surface area contributed by atoms with Gasteiger partial charge in [-0.25, -0.2) is 13.1 Å². The van der Waals surface area contributed by atoms with Crippen molar-refractivity contribution in [2.24, 2.45) is 12.9 Å². The van der Waals surface area contributed by atoms with Gasteiger partial charge >= 0.3 is 0 Å². The summed E-state index contributed by atoms with van der Waals surface area (Å²) in [6.45, 7) is 3.53. The van der Waals surface area contributed by atoms with E-state index in [1.807, 2.05) is 0 Å². The summed E-state index contributed by atoms with van der Waals surface area (Å²) in [5.41, 5.74) is 4.41. The van der Waals surface area contributed by atoms with Gasteiger partial charge in [0, 0.05) is 12.7 Å². The summed E-state index contributed by atoms with van der Waals surface area (Å²) in [4.78, 5) is 0.253. The highest BCUT2D eigenvalue weighted by Gasteiger charge is 2.20. The van der Waals surface area contributed by atoms with Gasteiger partial charge in [-0.15, -0.1) is 10.2 Å². The van der Waals surface area contributed by atoms with Crippen molar-refractivity contribution in [3.63, 3.8) is 0 Å². The molecule has 21 heavy (non-hydrogen) atoms. The molecule has 2 aromatic rings. The van der Waals surface area contributed by atoms with Gasteiger partial charge in [-0.3, -0.25) is 5.84 Å². The predicted octanol–water partition coefficient (Wildman–Crippen LogP) is 0.196. The fourth-order valence-corrected chi connectivity index (χ4v) is 3.59. The topological polar surface area (TPSA) is 115 Å². The van der Waals surface area contributed by atoms with Crippen LogP contribution in [0.15, 0.2) is 23.4 Å². The van der Waals surface area contributed by atoms with Crippen LogP contribution in [0.5, 0.6) is 0 Å². The van der Waals surface area contributed by atoms with Crippen LogP contribution < -0.4 is 16.0 Å². The van der Waals surface area contributed by atoms with Gasteiger partial charge in [-0.2, -0.15) is 0 Å². The number of hydrogen-bond donors (Lipinski definition) is 3. The van der Waals surface area contributed by atoms with Gasteiger partial charge in [-0.05, 0) is 37.1 Å². The summed E-state index contributed by atoms with van der Waals surface area (Å²) < 4.78 is 29.1. The highest BCUT2D eigenvalue weighted by atomic mass is 32.2. The summed E-state index contributed by atoms with van der Waals surface area (Å²) in [6.07, 6.45) is 1.52. The van der Waals surface area contributed by atoms with Crippen LogP contribution in [0.25, 0.3) is 0 Å². The largest absolute Gasteiger partial charge is 0.324 e. The number of hydrazine groups is 1. The molecule has 0 aliphatic rings. The van der Waals surface area contributed by atoms with Crippen LogP contribution in [0.3, 0.4) is 0 Å². The van der Waals surface area contributed by atoms with Crippen molar-refractivity contribution in [1.29, 1.82) is 0 Å². The molecule has 114 valence electrons. The molecule has 0 radical (unpaired) electrons. The first-order chi connectivity index (χ1) is 9.85.